The zero-order valence-corrected chi connectivity index (χ0v) is 12.8. The Kier molecular flexibility index (Phi) is 5.19. The molecule has 0 spiro atoms. The molecule has 1 saturated carbocycles. The Morgan fingerprint density at radius 2 is 2.09 bits per heavy atom. The van der Waals surface area contributed by atoms with Crippen LogP contribution in [0.4, 0.5) is 13.2 Å². The topological polar surface area (TPSA) is 58.6 Å². The average molecular weight is 331 g/mol. The third kappa shape index (κ3) is 3.60. The highest BCUT2D eigenvalue weighted by Gasteiger charge is 2.61. The molecule has 0 saturated heterocycles. The van der Waals surface area contributed by atoms with Gasteiger partial charge in [0.15, 0.2) is 11.6 Å². The van der Waals surface area contributed by atoms with Crippen LogP contribution in [0.1, 0.15) is 32.6 Å². The normalized spacial score (nSPS) is 18.0. The van der Waals surface area contributed by atoms with Gasteiger partial charge in [0.05, 0.1) is 6.54 Å². The maximum atomic E-state index is 13.9. The van der Waals surface area contributed by atoms with E-state index in [1.807, 2.05) is 0 Å². The Hall–Kier alpha value is -1.76. The second-order valence-electron chi connectivity index (χ2n) is 5.75. The van der Waals surface area contributed by atoms with Crippen LogP contribution in [-0.4, -0.2) is 35.2 Å². The molecule has 1 aliphatic rings. The Labute approximate surface area is 132 Å². The van der Waals surface area contributed by atoms with Crippen LogP contribution in [0.15, 0.2) is 24.3 Å². The second kappa shape index (κ2) is 6.78. The first kappa shape index (κ1) is 17.6. The number of amides is 1. The Morgan fingerprint density at radius 3 is 2.61 bits per heavy atom. The molecular weight excluding hydrogens is 311 g/mol. The van der Waals surface area contributed by atoms with E-state index in [0.29, 0.717) is 12.8 Å². The summed E-state index contributed by atoms with van der Waals surface area (Å²) < 4.78 is 46.8. The number of carbonyl (C=O) groups is 1. The lowest BCUT2D eigenvalue weighted by atomic mass is 9.75. The number of carbonyl (C=O) groups excluding carboxylic acids is 1. The van der Waals surface area contributed by atoms with E-state index in [1.54, 1.807) is 13.0 Å². The summed E-state index contributed by atoms with van der Waals surface area (Å²) in [6.07, 6.45) is 0.00696. The molecule has 1 aliphatic carbocycles. The molecule has 0 heterocycles. The fraction of sp³-hybridized carbons (Fsp3) is 0.562. The van der Waals surface area contributed by atoms with Gasteiger partial charge in [-0.3, -0.25) is 4.79 Å². The lowest BCUT2D eigenvalue weighted by Gasteiger charge is -2.41. The SMILES string of the molecule is CC[C@@H](CNC(=O)C(F)(F)C1(O)CCC1)Oc1ccccc1F. The van der Waals surface area contributed by atoms with Gasteiger partial charge in [0, 0.05) is 0 Å². The number of para-hydroxylation sites is 1. The molecule has 0 unspecified atom stereocenters. The van der Waals surface area contributed by atoms with Crippen molar-refractivity contribution in [3.63, 3.8) is 0 Å². The second-order valence-corrected chi connectivity index (χ2v) is 5.75. The van der Waals surface area contributed by atoms with Gasteiger partial charge in [-0.2, -0.15) is 8.78 Å². The number of halogens is 3. The third-order valence-electron chi connectivity index (χ3n) is 4.13. The van der Waals surface area contributed by atoms with E-state index in [4.69, 9.17) is 4.74 Å². The number of hydrogen-bond donors (Lipinski definition) is 2. The molecule has 0 bridgehead atoms. The summed E-state index contributed by atoms with van der Waals surface area (Å²) in [6.45, 7) is 1.53. The minimum atomic E-state index is -3.85. The van der Waals surface area contributed by atoms with Crippen LogP contribution in [0.5, 0.6) is 5.75 Å². The molecular formula is C16H20F3NO3. The van der Waals surface area contributed by atoms with E-state index in [-0.39, 0.29) is 25.1 Å². The largest absolute Gasteiger partial charge is 0.486 e. The van der Waals surface area contributed by atoms with Crippen LogP contribution in [0, 0.1) is 5.82 Å². The van der Waals surface area contributed by atoms with E-state index in [9.17, 15) is 23.1 Å². The summed E-state index contributed by atoms with van der Waals surface area (Å²) in [5.41, 5.74) is -2.26. The van der Waals surface area contributed by atoms with E-state index in [0.717, 1.165) is 0 Å². The summed E-state index contributed by atoms with van der Waals surface area (Å²) in [4.78, 5) is 11.7. The van der Waals surface area contributed by atoms with Gasteiger partial charge in [-0.15, -0.1) is 0 Å². The number of rotatable bonds is 7. The molecule has 1 aromatic rings. The Balaban J connectivity index is 1.92. The molecule has 1 aromatic carbocycles. The summed E-state index contributed by atoms with van der Waals surface area (Å²) in [7, 11) is 0. The number of alkyl halides is 2. The van der Waals surface area contributed by atoms with Gasteiger partial charge in [-0.05, 0) is 37.8 Å². The lowest BCUT2D eigenvalue weighted by molar-refractivity contribution is -0.216. The molecule has 23 heavy (non-hydrogen) atoms. The molecule has 0 aliphatic heterocycles. The number of nitrogens with one attached hydrogen (secondary N) is 1. The van der Waals surface area contributed by atoms with Crippen molar-refractivity contribution in [3.05, 3.63) is 30.1 Å². The predicted molar refractivity (Wildman–Crippen MR) is 77.9 cm³/mol. The van der Waals surface area contributed by atoms with Crippen molar-refractivity contribution in [3.8, 4) is 5.75 Å². The van der Waals surface area contributed by atoms with Crippen LogP contribution in [0.3, 0.4) is 0 Å². The van der Waals surface area contributed by atoms with Crippen molar-refractivity contribution in [1.29, 1.82) is 0 Å². The van der Waals surface area contributed by atoms with Gasteiger partial charge < -0.3 is 15.2 Å². The van der Waals surface area contributed by atoms with E-state index in [2.05, 4.69) is 5.32 Å². The fourth-order valence-corrected chi connectivity index (χ4v) is 2.34. The first-order chi connectivity index (χ1) is 10.8. The van der Waals surface area contributed by atoms with Gasteiger partial charge in [-0.1, -0.05) is 19.1 Å². The molecule has 128 valence electrons. The first-order valence-electron chi connectivity index (χ1n) is 7.60. The highest BCUT2D eigenvalue weighted by Crippen LogP contribution is 2.44. The van der Waals surface area contributed by atoms with Crippen LogP contribution >= 0.6 is 0 Å². The third-order valence-corrected chi connectivity index (χ3v) is 4.13. The van der Waals surface area contributed by atoms with Gasteiger partial charge in [-0.25, -0.2) is 4.39 Å². The van der Waals surface area contributed by atoms with Crippen LogP contribution in [0.25, 0.3) is 0 Å². The van der Waals surface area contributed by atoms with Crippen LogP contribution < -0.4 is 10.1 Å². The molecule has 7 heteroatoms. The Morgan fingerprint density at radius 1 is 1.43 bits per heavy atom. The van der Waals surface area contributed by atoms with Gasteiger partial charge in [0.25, 0.3) is 5.91 Å². The maximum Gasteiger partial charge on any atom is 0.352 e. The molecule has 2 N–H and O–H groups in total. The smallest absolute Gasteiger partial charge is 0.352 e. The summed E-state index contributed by atoms with van der Waals surface area (Å²) >= 11 is 0. The van der Waals surface area contributed by atoms with Gasteiger partial charge in [0.2, 0.25) is 0 Å². The molecule has 4 nitrogen and oxygen atoms in total. The van der Waals surface area contributed by atoms with Crippen LogP contribution in [-0.2, 0) is 4.79 Å². The minimum absolute atomic E-state index is 0.00187. The van der Waals surface area contributed by atoms with Crippen molar-refractivity contribution in [2.24, 2.45) is 0 Å². The van der Waals surface area contributed by atoms with Crippen molar-refractivity contribution in [1.82, 2.24) is 5.32 Å². The molecule has 2 rings (SSSR count). The van der Waals surface area contributed by atoms with Crippen molar-refractivity contribution < 1.29 is 27.8 Å². The summed E-state index contributed by atoms with van der Waals surface area (Å²) in [5.74, 6) is -5.94. The number of benzene rings is 1. The summed E-state index contributed by atoms with van der Waals surface area (Å²) in [5, 5.41) is 11.8. The van der Waals surface area contributed by atoms with E-state index in [1.165, 1.54) is 18.2 Å². The monoisotopic (exact) mass is 331 g/mol. The Bertz CT molecular complexity index is 561. The van der Waals surface area contributed by atoms with Crippen molar-refractivity contribution in [2.45, 2.75) is 50.2 Å². The lowest BCUT2D eigenvalue weighted by Crippen LogP contribution is -2.61. The minimum Gasteiger partial charge on any atom is -0.486 e. The molecule has 1 atom stereocenters. The molecule has 0 radical (unpaired) electrons. The van der Waals surface area contributed by atoms with E-state index >= 15 is 0 Å². The number of ether oxygens (including phenoxy) is 1. The van der Waals surface area contributed by atoms with Gasteiger partial charge >= 0.3 is 5.92 Å². The van der Waals surface area contributed by atoms with Crippen molar-refractivity contribution >= 4 is 5.91 Å². The highest BCUT2D eigenvalue weighted by molar-refractivity contribution is 5.85. The summed E-state index contributed by atoms with van der Waals surface area (Å²) in [6, 6.07) is 5.74. The molecule has 1 amide bonds. The van der Waals surface area contributed by atoms with Crippen LogP contribution in [0.2, 0.25) is 0 Å². The molecule has 1 fully saturated rings. The van der Waals surface area contributed by atoms with Gasteiger partial charge in [0.1, 0.15) is 11.7 Å². The highest BCUT2D eigenvalue weighted by atomic mass is 19.3. The predicted octanol–water partition coefficient (Wildman–Crippen LogP) is 2.65. The standard InChI is InChI=1S/C16H20F3NO3/c1-2-11(23-13-7-4-3-6-12(13)17)10-20-14(21)16(18,19)15(22)8-5-9-15/h3-4,6-7,11,22H,2,5,8-10H2,1H3,(H,20,21)/t11-/m0/s1. The quantitative estimate of drug-likeness (QED) is 0.807. The zero-order valence-electron chi connectivity index (χ0n) is 12.8. The average Bonchev–Trinajstić information content (AvgIpc) is 2.50. The molecule has 0 aromatic heterocycles. The number of aliphatic hydroxyl groups is 1. The van der Waals surface area contributed by atoms with Crippen molar-refractivity contribution in [2.75, 3.05) is 6.54 Å². The maximum absolute atomic E-state index is 13.9. The first-order valence-corrected chi connectivity index (χ1v) is 7.60. The zero-order chi connectivity index (χ0) is 17.1. The number of hydrogen-bond acceptors (Lipinski definition) is 3. The fourth-order valence-electron chi connectivity index (χ4n) is 2.34. The van der Waals surface area contributed by atoms with E-state index < -0.39 is 29.4 Å².